The molecular formula is C24H25FN2O6S. The number of para-hydroxylation sites is 1. The van der Waals surface area contributed by atoms with Crippen molar-refractivity contribution >= 4 is 16.1 Å². The van der Waals surface area contributed by atoms with Gasteiger partial charge >= 0.3 is 6.09 Å². The van der Waals surface area contributed by atoms with E-state index in [4.69, 9.17) is 14.2 Å². The highest BCUT2D eigenvalue weighted by atomic mass is 32.2. The zero-order valence-electron chi connectivity index (χ0n) is 19.2. The van der Waals surface area contributed by atoms with Crippen molar-refractivity contribution in [1.29, 1.82) is 0 Å². The second kappa shape index (κ2) is 8.68. The van der Waals surface area contributed by atoms with Crippen LogP contribution < -0.4 is 9.47 Å². The van der Waals surface area contributed by atoms with Crippen LogP contribution >= 0.6 is 0 Å². The molecule has 1 aliphatic heterocycles. The van der Waals surface area contributed by atoms with E-state index in [9.17, 15) is 17.6 Å². The van der Waals surface area contributed by atoms with Crippen LogP contribution in [0.25, 0.3) is 11.3 Å². The van der Waals surface area contributed by atoms with Crippen molar-refractivity contribution in [2.24, 2.45) is 0 Å². The van der Waals surface area contributed by atoms with Crippen molar-refractivity contribution in [3.05, 3.63) is 66.1 Å². The van der Waals surface area contributed by atoms with Gasteiger partial charge in [0.1, 0.15) is 16.3 Å². The molecule has 0 fully saturated rings. The zero-order chi connectivity index (χ0) is 24.7. The number of ether oxygens (including phenoxy) is 3. The Morgan fingerprint density at radius 1 is 1.15 bits per heavy atom. The summed E-state index contributed by atoms with van der Waals surface area (Å²) in [5.41, 5.74) is -0.00143. The summed E-state index contributed by atoms with van der Waals surface area (Å²) in [4.78, 5) is 13.6. The van der Waals surface area contributed by atoms with E-state index in [1.54, 1.807) is 39.0 Å². The number of hydrogen-bond donors (Lipinski definition) is 0. The first-order valence-corrected chi connectivity index (χ1v) is 12.0. The maximum atomic E-state index is 14.7. The Morgan fingerprint density at radius 3 is 2.59 bits per heavy atom. The van der Waals surface area contributed by atoms with E-state index < -0.39 is 27.5 Å². The van der Waals surface area contributed by atoms with E-state index >= 15 is 0 Å². The fourth-order valence-electron chi connectivity index (χ4n) is 3.54. The highest BCUT2D eigenvalue weighted by molar-refractivity contribution is 7.90. The molecule has 0 spiro atoms. The summed E-state index contributed by atoms with van der Waals surface area (Å²) < 4.78 is 59.2. The molecule has 0 unspecified atom stereocenters. The Hall–Kier alpha value is -3.53. The van der Waals surface area contributed by atoms with Crippen LogP contribution in [0.3, 0.4) is 0 Å². The second-order valence-corrected chi connectivity index (χ2v) is 10.6. The van der Waals surface area contributed by atoms with Crippen LogP contribution in [0.4, 0.5) is 9.18 Å². The SMILES string of the molecule is CN(Cc1cc(-c2ccccc2F)n(S(=O)(=O)c2cccc3c2OCO3)c1)C(=O)OC(C)(C)C. The van der Waals surface area contributed by atoms with Crippen LogP contribution in [0.1, 0.15) is 26.3 Å². The molecule has 2 aromatic carbocycles. The highest BCUT2D eigenvalue weighted by Crippen LogP contribution is 2.40. The lowest BCUT2D eigenvalue weighted by molar-refractivity contribution is 0.0285. The van der Waals surface area contributed by atoms with Gasteiger partial charge < -0.3 is 19.1 Å². The average Bonchev–Trinajstić information content (AvgIpc) is 3.40. The molecule has 0 aliphatic carbocycles. The van der Waals surface area contributed by atoms with Gasteiger partial charge in [0.05, 0.1) is 12.2 Å². The van der Waals surface area contributed by atoms with Gasteiger partial charge in [0, 0.05) is 18.8 Å². The summed E-state index contributed by atoms with van der Waals surface area (Å²) in [5, 5.41) is 0. The average molecular weight is 489 g/mol. The minimum absolute atomic E-state index is 0.0470. The quantitative estimate of drug-likeness (QED) is 0.521. The van der Waals surface area contributed by atoms with Crippen LogP contribution in [-0.4, -0.2) is 42.8 Å². The highest BCUT2D eigenvalue weighted by Gasteiger charge is 2.30. The van der Waals surface area contributed by atoms with Gasteiger partial charge in [0.2, 0.25) is 6.79 Å². The number of hydrogen-bond acceptors (Lipinski definition) is 6. The summed E-state index contributed by atoms with van der Waals surface area (Å²) in [6.45, 7) is 5.21. The van der Waals surface area contributed by atoms with E-state index in [0.29, 0.717) is 11.3 Å². The fraction of sp³-hybridized carbons (Fsp3) is 0.292. The summed E-state index contributed by atoms with van der Waals surface area (Å²) in [5.74, 6) is -0.171. The summed E-state index contributed by atoms with van der Waals surface area (Å²) >= 11 is 0. The number of aromatic nitrogens is 1. The maximum absolute atomic E-state index is 14.7. The monoisotopic (exact) mass is 488 g/mol. The lowest BCUT2D eigenvalue weighted by Crippen LogP contribution is -2.33. The number of amides is 1. The van der Waals surface area contributed by atoms with Crippen molar-refractivity contribution in [2.75, 3.05) is 13.8 Å². The molecule has 180 valence electrons. The van der Waals surface area contributed by atoms with Crippen LogP contribution in [-0.2, 0) is 21.3 Å². The third-order valence-electron chi connectivity index (χ3n) is 5.01. The molecule has 0 atom stereocenters. The van der Waals surface area contributed by atoms with Crippen LogP contribution in [0.15, 0.2) is 59.6 Å². The first kappa shape index (κ1) is 23.6. The Bertz CT molecular complexity index is 1340. The minimum atomic E-state index is -4.21. The molecule has 0 N–H and O–H groups in total. The number of nitrogens with zero attached hydrogens (tertiary/aromatic N) is 2. The fourth-order valence-corrected chi connectivity index (χ4v) is 5.08. The standard InChI is InChI=1S/C24H25FN2O6S/c1-24(2,3)33-23(28)26(4)13-16-12-19(17-8-5-6-9-18(17)25)27(14-16)34(29,30)21-11-7-10-20-22(21)32-15-31-20/h5-12,14H,13,15H2,1-4H3. The van der Waals surface area contributed by atoms with Crippen LogP contribution in [0.2, 0.25) is 0 Å². The van der Waals surface area contributed by atoms with Gasteiger partial charge in [-0.1, -0.05) is 18.2 Å². The molecule has 1 aliphatic rings. The molecule has 0 saturated heterocycles. The molecule has 3 aromatic rings. The van der Waals surface area contributed by atoms with Gasteiger partial charge in [0.15, 0.2) is 11.5 Å². The van der Waals surface area contributed by atoms with Crippen molar-refractivity contribution in [3.63, 3.8) is 0 Å². The molecule has 1 amide bonds. The topological polar surface area (TPSA) is 87.1 Å². The molecule has 0 radical (unpaired) electrons. The number of carbonyl (C=O) groups excluding carboxylic acids is 1. The lowest BCUT2D eigenvalue weighted by Gasteiger charge is -2.24. The van der Waals surface area contributed by atoms with Gasteiger partial charge in [-0.2, -0.15) is 0 Å². The normalized spacial score (nSPS) is 13.1. The van der Waals surface area contributed by atoms with Crippen molar-refractivity contribution < 1.29 is 31.8 Å². The predicted octanol–water partition coefficient (Wildman–Crippen LogP) is 4.63. The van der Waals surface area contributed by atoms with Gasteiger partial charge in [-0.15, -0.1) is 0 Å². The van der Waals surface area contributed by atoms with E-state index in [2.05, 4.69) is 0 Å². The molecule has 8 nitrogen and oxygen atoms in total. The number of rotatable bonds is 5. The van der Waals surface area contributed by atoms with Crippen molar-refractivity contribution in [1.82, 2.24) is 8.87 Å². The summed E-state index contributed by atoms with van der Waals surface area (Å²) in [6, 6.07) is 12.0. The molecule has 0 bridgehead atoms. The Morgan fingerprint density at radius 2 is 1.88 bits per heavy atom. The minimum Gasteiger partial charge on any atom is -0.454 e. The van der Waals surface area contributed by atoms with E-state index in [1.807, 2.05) is 0 Å². The molecule has 10 heteroatoms. The Kier molecular flexibility index (Phi) is 6.03. The van der Waals surface area contributed by atoms with Crippen molar-refractivity contribution in [2.45, 2.75) is 37.8 Å². The van der Waals surface area contributed by atoms with Gasteiger partial charge in [-0.05, 0) is 56.7 Å². The lowest BCUT2D eigenvalue weighted by atomic mass is 10.1. The third-order valence-corrected chi connectivity index (χ3v) is 6.71. The largest absolute Gasteiger partial charge is 0.454 e. The van der Waals surface area contributed by atoms with E-state index in [1.165, 1.54) is 48.5 Å². The first-order valence-electron chi connectivity index (χ1n) is 10.5. The van der Waals surface area contributed by atoms with Gasteiger partial charge in [-0.3, -0.25) is 0 Å². The van der Waals surface area contributed by atoms with Gasteiger partial charge in [-0.25, -0.2) is 21.6 Å². The number of benzene rings is 2. The smallest absolute Gasteiger partial charge is 0.410 e. The first-order chi connectivity index (χ1) is 16.0. The van der Waals surface area contributed by atoms with Crippen LogP contribution in [0.5, 0.6) is 11.5 Å². The molecule has 2 heterocycles. The predicted molar refractivity (Wildman–Crippen MR) is 123 cm³/mol. The van der Waals surface area contributed by atoms with Gasteiger partial charge in [0.25, 0.3) is 10.0 Å². The Labute approximate surface area is 197 Å². The molecular weight excluding hydrogens is 463 g/mol. The van der Waals surface area contributed by atoms with E-state index in [-0.39, 0.29) is 35.2 Å². The number of fused-ring (bicyclic) bond motifs is 1. The molecule has 34 heavy (non-hydrogen) atoms. The maximum Gasteiger partial charge on any atom is 0.410 e. The number of halogens is 1. The third kappa shape index (κ3) is 4.58. The molecule has 0 saturated carbocycles. The van der Waals surface area contributed by atoms with Crippen molar-refractivity contribution in [3.8, 4) is 22.8 Å². The number of carbonyl (C=O) groups is 1. The molecule has 1 aromatic heterocycles. The van der Waals surface area contributed by atoms with E-state index in [0.717, 1.165) is 3.97 Å². The molecule has 4 rings (SSSR count). The Balaban J connectivity index is 1.79. The summed E-state index contributed by atoms with van der Waals surface area (Å²) in [7, 11) is -2.67. The van der Waals surface area contributed by atoms with Crippen LogP contribution in [0, 0.1) is 5.82 Å². The summed E-state index contributed by atoms with van der Waals surface area (Å²) in [6.07, 6.45) is 0.801. The zero-order valence-corrected chi connectivity index (χ0v) is 20.1. The second-order valence-electron chi connectivity index (χ2n) is 8.84.